The van der Waals surface area contributed by atoms with E-state index < -0.39 is 179 Å². The number of guanidine groups is 1. The fraction of sp³-hybridized carbons (Fsp3) is 0.686. The number of carbonyl (C=O) groups is 15. The zero-order chi connectivity index (χ0) is 64.1. The van der Waals surface area contributed by atoms with E-state index in [1.165, 1.54) is 57.8 Å². The SMILES string of the molecule is CCCCCCCCCCCCCCCC(=O)NCC(=O)NCC(=O)NCC(=O)NCC(=O)NCC(=O)NCC(=O)N(C)CC(=O)N[C@@H](CCC(=O)O)C(=O)N[C@@H](CCCN=C(N)N)C(=O)NCC(=O)N[C@@H](CC(=O)O)C(=O)N[C@@H](CO)C(=O)O. The van der Waals surface area contributed by atoms with Crippen LogP contribution in [0.25, 0.3) is 0 Å². The Labute approximate surface area is 491 Å². The maximum atomic E-state index is 13.5. The van der Waals surface area contributed by atoms with Gasteiger partial charge in [0.25, 0.3) is 0 Å². The van der Waals surface area contributed by atoms with E-state index in [2.05, 4.69) is 59.8 Å². The summed E-state index contributed by atoms with van der Waals surface area (Å²) >= 11 is 0. The van der Waals surface area contributed by atoms with Crippen LogP contribution in [0, 0.1) is 0 Å². The predicted octanol–water partition coefficient (Wildman–Crippen LogP) is -5.85. The molecule has 0 bridgehead atoms. The fourth-order valence-corrected chi connectivity index (χ4v) is 7.41. The first-order chi connectivity index (χ1) is 40.3. The Hall–Kier alpha value is -8.72. The highest BCUT2D eigenvalue weighted by molar-refractivity contribution is 5.97. The Kier molecular flexibility index (Phi) is 41.1. The zero-order valence-electron chi connectivity index (χ0n) is 48.3. The second kappa shape index (κ2) is 45.8. The number of nitrogens with zero attached hydrogens (tertiary/aromatic N) is 2. The lowest BCUT2D eigenvalue weighted by Gasteiger charge is -2.24. The molecule has 12 amide bonds. The van der Waals surface area contributed by atoms with Gasteiger partial charge < -0.3 is 95.3 Å². The van der Waals surface area contributed by atoms with Gasteiger partial charge in [0.2, 0.25) is 70.9 Å². The van der Waals surface area contributed by atoms with Gasteiger partial charge in [-0.2, -0.15) is 0 Å². The van der Waals surface area contributed by atoms with Gasteiger partial charge in [0, 0.05) is 26.4 Å². The number of nitrogens with two attached hydrogens (primary N) is 2. The first kappa shape index (κ1) is 76.3. The highest BCUT2D eigenvalue weighted by Crippen LogP contribution is 2.13. The van der Waals surface area contributed by atoms with Crippen molar-refractivity contribution in [1.82, 2.24) is 63.4 Å². The molecule has 0 radical (unpaired) electrons. The van der Waals surface area contributed by atoms with E-state index in [0.29, 0.717) is 6.42 Å². The fourth-order valence-electron chi connectivity index (χ4n) is 7.41. The van der Waals surface area contributed by atoms with Gasteiger partial charge in [-0.3, -0.25) is 72.1 Å². The molecule has 4 atom stereocenters. The van der Waals surface area contributed by atoms with Crippen LogP contribution < -0.4 is 70.0 Å². The molecular weight excluding hydrogens is 1130 g/mol. The van der Waals surface area contributed by atoms with E-state index in [0.717, 1.165) is 31.2 Å². The van der Waals surface area contributed by atoms with Crippen molar-refractivity contribution in [1.29, 1.82) is 0 Å². The smallest absolute Gasteiger partial charge is 0.328 e. The van der Waals surface area contributed by atoms with E-state index in [4.69, 9.17) is 16.6 Å². The van der Waals surface area contributed by atoms with Gasteiger partial charge in [0.1, 0.15) is 24.2 Å². The van der Waals surface area contributed by atoms with Crippen molar-refractivity contribution in [2.24, 2.45) is 16.5 Å². The molecule has 0 aromatic heterocycles. The summed E-state index contributed by atoms with van der Waals surface area (Å²) < 4.78 is 0. The first-order valence-electron chi connectivity index (χ1n) is 27.9. The Morgan fingerprint density at radius 2 is 0.835 bits per heavy atom. The summed E-state index contributed by atoms with van der Waals surface area (Å²) in [5.41, 5.74) is 10.7. The standard InChI is InChI=1S/C51H87N15O19/c1-3-4-5-6-7-8-9-10-11-12-13-14-15-18-36(68)55-23-37(69)56-24-38(70)57-25-39(71)58-26-40(72)59-27-41(73)60-29-44(76)66(2)30-43(75)62-33(19-20-45(77)78)48(82)64-32(17-16-21-54-51(52)53)47(81)61-28-42(74)63-34(22-46(79)80)49(83)65-35(31-67)50(84)85/h32-35,67H,3-31H2,1-2H3,(H,55,68)(H,56,69)(H,57,70)(H,58,71)(H,59,72)(H,60,73)(H,61,81)(H,62,75)(H,63,74)(H,64,82)(H,65,83)(H,77,78)(H,79,80)(H,84,85)(H4,52,53,54)/t32-,33-,34-,35-/m0/s1. The minimum Gasteiger partial charge on any atom is -0.481 e. The predicted molar refractivity (Wildman–Crippen MR) is 300 cm³/mol. The number of aliphatic hydroxyl groups excluding tert-OH is 1. The molecule has 0 aliphatic heterocycles. The number of hydrogen-bond donors (Lipinski definition) is 17. The van der Waals surface area contributed by atoms with Crippen molar-refractivity contribution < 1.29 is 92.3 Å². The first-order valence-corrected chi connectivity index (χ1v) is 27.9. The van der Waals surface area contributed by atoms with Crippen LogP contribution in [0.15, 0.2) is 4.99 Å². The Balaban J connectivity index is 4.95. The van der Waals surface area contributed by atoms with Gasteiger partial charge in [0.05, 0.1) is 65.4 Å². The van der Waals surface area contributed by atoms with E-state index >= 15 is 0 Å². The molecule has 85 heavy (non-hydrogen) atoms. The second-order valence-corrected chi connectivity index (χ2v) is 19.5. The molecule has 0 aliphatic rings. The zero-order valence-corrected chi connectivity index (χ0v) is 48.3. The number of nitrogens with one attached hydrogen (secondary N) is 11. The maximum absolute atomic E-state index is 13.5. The second-order valence-electron chi connectivity index (χ2n) is 19.5. The van der Waals surface area contributed by atoms with Crippen LogP contribution in [0.5, 0.6) is 0 Å². The lowest BCUT2D eigenvalue weighted by molar-refractivity contribution is -0.144. The average Bonchev–Trinajstić information content (AvgIpc) is 3.58. The molecule has 19 N–H and O–H groups in total. The van der Waals surface area contributed by atoms with Crippen molar-refractivity contribution in [2.45, 2.75) is 153 Å². The lowest BCUT2D eigenvalue weighted by Crippen LogP contribution is -2.56. The molecule has 0 fully saturated rings. The van der Waals surface area contributed by atoms with E-state index in [-0.39, 0.29) is 44.2 Å². The van der Waals surface area contributed by atoms with Gasteiger partial charge in [0.15, 0.2) is 5.96 Å². The van der Waals surface area contributed by atoms with Crippen LogP contribution in [0.2, 0.25) is 0 Å². The van der Waals surface area contributed by atoms with Crippen LogP contribution in [-0.4, -0.2) is 217 Å². The van der Waals surface area contributed by atoms with Gasteiger partial charge in [-0.25, -0.2) is 4.79 Å². The third-order valence-electron chi connectivity index (χ3n) is 12.1. The number of carboxylic acids is 3. The third kappa shape index (κ3) is 41.0. The third-order valence-corrected chi connectivity index (χ3v) is 12.1. The summed E-state index contributed by atoms with van der Waals surface area (Å²) in [5, 5.41) is 61.1. The highest BCUT2D eigenvalue weighted by atomic mass is 16.4. The van der Waals surface area contributed by atoms with Crippen molar-refractivity contribution in [2.75, 3.05) is 72.6 Å². The topological polar surface area (TPSA) is 537 Å². The number of likely N-dealkylation sites (N-methyl/N-ethyl adjacent to an activating group) is 1. The summed E-state index contributed by atoms with van der Waals surface area (Å²) in [5.74, 6) is -15.6. The number of amides is 12. The van der Waals surface area contributed by atoms with Crippen molar-refractivity contribution >= 4 is 94.8 Å². The molecule has 0 saturated heterocycles. The molecule has 0 aromatic carbocycles. The van der Waals surface area contributed by atoms with Crippen molar-refractivity contribution in [3.63, 3.8) is 0 Å². The van der Waals surface area contributed by atoms with Gasteiger partial charge in [-0.15, -0.1) is 0 Å². The molecule has 0 heterocycles. The molecule has 34 nitrogen and oxygen atoms in total. The summed E-state index contributed by atoms with van der Waals surface area (Å²) in [6.07, 6.45) is 13.0. The highest BCUT2D eigenvalue weighted by Gasteiger charge is 2.31. The number of unbranched alkanes of at least 4 members (excludes halogenated alkanes) is 12. The van der Waals surface area contributed by atoms with Crippen LogP contribution in [-0.2, 0) is 71.9 Å². The molecular formula is C51H87N15O19. The quantitative estimate of drug-likeness (QED) is 0.0153. The minimum absolute atomic E-state index is 0.0116. The molecule has 480 valence electrons. The molecule has 0 unspecified atom stereocenters. The molecule has 0 saturated carbocycles. The van der Waals surface area contributed by atoms with E-state index in [1.54, 1.807) is 0 Å². The van der Waals surface area contributed by atoms with Crippen LogP contribution >= 0.6 is 0 Å². The molecule has 34 heteroatoms. The molecule has 0 spiro atoms. The van der Waals surface area contributed by atoms with Gasteiger partial charge in [-0.1, -0.05) is 84.0 Å². The van der Waals surface area contributed by atoms with Crippen LogP contribution in [0.1, 0.15) is 129 Å². The van der Waals surface area contributed by atoms with Crippen LogP contribution in [0.3, 0.4) is 0 Å². The Morgan fingerprint density at radius 1 is 0.424 bits per heavy atom. The van der Waals surface area contributed by atoms with Crippen molar-refractivity contribution in [3.05, 3.63) is 0 Å². The minimum atomic E-state index is -1.88. The van der Waals surface area contributed by atoms with Crippen LogP contribution in [0.4, 0.5) is 0 Å². The van der Waals surface area contributed by atoms with Crippen molar-refractivity contribution in [3.8, 4) is 0 Å². The average molecular weight is 1210 g/mol. The largest absolute Gasteiger partial charge is 0.481 e. The number of aliphatic hydroxyl groups is 1. The summed E-state index contributed by atoms with van der Waals surface area (Å²) in [6, 6.07) is -6.93. The molecule has 0 aliphatic carbocycles. The summed E-state index contributed by atoms with van der Waals surface area (Å²) in [7, 11) is 1.14. The number of carboxylic acid groups (broad SMARTS) is 3. The number of aliphatic carboxylic acids is 3. The molecule has 0 rings (SSSR count). The van der Waals surface area contributed by atoms with E-state index in [9.17, 15) is 87.2 Å². The number of aliphatic imine (C=N–C) groups is 1. The monoisotopic (exact) mass is 1210 g/mol. The Morgan fingerprint density at radius 3 is 1.28 bits per heavy atom. The van der Waals surface area contributed by atoms with Gasteiger partial charge >= 0.3 is 17.9 Å². The van der Waals surface area contributed by atoms with E-state index in [1.807, 2.05) is 10.6 Å². The Bertz CT molecular complexity index is 2270. The number of rotatable bonds is 48. The molecule has 0 aromatic rings. The normalized spacial score (nSPS) is 11.9. The van der Waals surface area contributed by atoms with Gasteiger partial charge in [-0.05, 0) is 25.7 Å². The number of hydrogen-bond acceptors (Lipinski definition) is 17. The summed E-state index contributed by atoms with van der Waals surface area (Å²) in [6.45, 7) is -4.05. The lowest BCUT2D eigenvalue weighted by atomic mass is 10.0. The summed E-state index contributed by atoms with van der Waals surface area (Å²) in [4.78, 5) is 190. The maximum Gasteiger partial charge on any atom is 0.328 e. The number of carbonyl (C=O) groups excluding carboxylic acids is 12.